The number of benzene rings is 5. The van der Waals surface area contributed by atoms with E-state index in [1.165, 1.54) is 5.39 Å². The predicted molar refractivity (Wildman–Crippen MR) is 136 cm³/mol. The number of H-pyrrole nitrogens is 1. The summed E-state index contributed by atoms with van der Waals surface area (Å²) >= 11 is 0. The first-order valence-electron chi connectivity index (χ1n) is 11.1. The van der Waals surface area contributed by atoms with Crippen molar-refractivity contribution in [2.75, 3.05) is 0 Å². The molecule has 8 rings (SSSR count). The van der Waals surface area contributed by atoms with Crippen LogP contribution in [0.1, 0.15) is 0 Å². The van der Waals surface area contributed by atoms with Gasteiger partial charge >= 0.3 is 0 Å². The zero-order chi connectivity index (χ0) is 21.5. The summed E-state index contributed by atoms with van der Waals surface area (Å²) in [4.78, 5) is 3.60. The molecule has 8 aromatic rings. The summed E-state index contributed by atoms with van der Waals surface area (Å²) < 4.78 is 12.5. The van der Waals surface area contributed by atoms with Gasteiger partial charge < -0.3 is 13.8 Å². The second-order valence-corrected chi connectivity index (χ2v) is 8.63. The van der Waals surface area contributed by atoms with Gasteiger partial charge in [0.1, 0.15) is 16.7 Å². The molecule has 3 nitrogen and oxygen atoms in total. The van der Waals surface area contributed by atoms with E-state index in [4.69, 9.17) is 8.83 Å². The number of furan rings is 2. The molecule has 0 fully saturated rings. The van der Waals surface area contributed by atoms with Crippen LogP contribution in [0, 0.1) is 0 Å². The van der Waals surface area contributed by atoms with Gasteiger partial charge in [0.2, 0.25) is 0 Å². The molecule has 154 valence electrons. The Morgan fingerprint density at radius 1 is 0.485 bits per heavy atom. The number of fused-ring (bicyclic) bond motifs is 10. The SMILES string of the molecule is c1ccc2c(c1)oc1c(-c3ccc4[nH]c5c(ccc6c7ccccc7oc65)c4c3)cccc12. The van der Waals surface area contributed by atoms with Crippen LogP contribution in [0.3, 0.4) is 0 Å². The van der Waals surface area contributed by atoms with E-state index in [0.29, 0.717) is 0 Å². The molecular weight excluding hydrogens is 406 g/mol. The third-order valence-electron chi connectivity index (χ3n) is 6.83. The largest absolute Gasteiger partial charge is 0.455 e. The van der Waals surface area contributed by atoms with Crippen molar-refractivity contribution < 1.29 is 8.83 Å². The topological polar surface area (TPSA) is 42.1 Å². The lowest BCUT2D eigenvalue weighted by Gasteiger charge is -2.03. The van der Waals surface area contributed by atoms with Crippen LogP contribution in [0.2, 0.25) is 0 Å². The van der Waals surface area contributed by atoms with Crippen LogP contribution in [0.25, 0.3) is 76.8 Å². The molecule has 0 aliphatic carbocycles. The van der Waals surface area contributed by atoms with Crippen molar-refractivity contribution in [3.8, 4) is 11.1 Å². The van der Waals surface area contributed by atoms with Crippen LogP contribution in [0.15, 0.2) is 106 Å². The lowest BCUT2D eigenvalue weighted by atomic mass is 10.00. The molecule has 0 aliphatic rings. The molecule has 5 aromatic carbocycles. The van der Waals surface area contributed by atoms with E-state index < -0.39 is 0 Å². The molecule has 33 heavy (non-hydrogen) atoms. The standard InChI is InChI=1S/C30H17NO2/c1-3-10-26-19(6-1)22-9-5-8-18(29(22)32-26)17-12-15-25-24(16-17)21-13-14-23-20-7-2-4-11-27(20)33-30(23)28(21)31-25/h1-16,31H. The van der Waals surface area contributed by atoms with E-state index in [9.17, 15) is 0 Å². The quantitative estimate of drug-likeness (QED) is 0.287. The van der Waals surface area contributed by atoms with E-state index in [-0.39, 0.29) is 0 Å². The van der Waals surface area contributed by atoms with Gasteiger partial charge in [-0.05, 0) is 35.9 Å². The average molecular weight is 423 g/mol. The molecule has 0 bridgehead atoms. The summed E-state index contributed by atoms with van der Waals surface area (Å²) in [6.45, 7) is 0. The third-order valence-corrected chi connectivity index (χ3v) is 6.83. The molecule has 0 spiro atoms. The van der Waals surface area contributed by atoms with E-state index in [1.807, 2.05) is 24.3 Å². The minimum Gasteiger partial charge on any atom is -0.455 e. The van der Waals surface area contributed by atoms with E-state index >= 15 is 0 Å². The van der Waals surface area contributed by atoms with Crippen LogP contribution in [-0.4, -0.2) is 4.98 Å². The fourth-order valence-electron chi connectivity index (χ4n) is 5.29. The van der Waals surface area contributed by atoms with Crippen molar-refractivity contribution in [3.63, 3.8) is 0 Å². The first kappa shape index (κ1) is 17.1. The number of rotatable bonds is 1. The van der Waals surface area contributed by atoms with Gasteiger partial charge in [-0.2, -0.15) is 0 Å². The summed E-state index contributed by atoms with van der Waals surface area (Å²) in [6.07, 6.45) is 0. The molecule has 1 N–H and O–H groups in total. The van der Waals surface area contributed by atoms with Gasteiger partial charge in [0.25, 0.3) is 0 Å². The lowest BCUT2D eigenvalue weighted by molar-refractivity contribution is 0.670. The summed E-state index contributed by atoms with van der Waals surface area (Å²) in [7, 11) is 0. The molecule has 0 unspecified atom stereocenters. The molecule has 3 aromatic heterocycles. The summed E-state index contributed by atoms with van der Waals surface area (Å²) in [5.41, 5.74) is 8.04. The molecular formula is C30H17NO2. The first-order chi connectivity index (χ1) is 16.3. The molecule has 0 saturated heterocycles. The number of nitrogens with one attached hydrogen (secondary N) is 1. The normalized spacial score (nSPS) is 12.2. The molecule has 0 aliphatic heterocycles. The van der Waals surface area contributed by atoms with Gasteiger partial charge in [-0.1, -0.05) is 66.7 Å². The highest BCUT2D eigenvalue weighted by atomic mass is 16.3. The lowest BCUT2D eigenvalue weighted by Crippen LogP contribution is -1.79. The van der Waals surface area contributed by atoms with Crippen LogP contribution in [-0.2, 0) is 0 Å². The summed E-state index contributed by atoms with van der Waals surface area (Å²) in [5.74, 6) is 0. The first-order valence-corrected chi connectivity index (χ1v) is 11.1. The second kappa shape index (κ2) is 6.05. The van der Waals surface area contributed by atoms with Gasteiger partial charge in [0, 0.05) is 43.4 Å². The highest BCUT2D eigenvalue weighted by molar-refractivity contribution is 6.21. The van der Waals surface area contributed by atoms with Gasteiger partial charge in [-0.3, -0.25) is 0 Å². The highest BCUT2D eigenvalue weighted by Crippen LogP contribution is 2.40. The Hall–Kier alpha value is -4.50. The smallest absolute Gasteiger partial charge is 0.159 e. The average Bonchev–Trinajstić information content (AvgIpc) is 3.54. The Morgan fingerprint density at radius 3 is 1.97 bits per heavy atom. The Morgan fingerprint density at radius 2 is 1.15 bits per heavy atom. The monoisotopic (exact) mass is 423 g/mol. The van der Waals surface area contributed by atoms with Crippen LogP contribution >= 0.6 is 0 Å². The summed E-state index contributed by atoms with van der Waals surface area (Å²) in [6, 6.07) is 33.7. The molecule has 0 saturated carbocycles. The fourth-order valence-corrected chi connectivity index (χ4v) is 5.29. The Labute approximate surface area is 187 Å². The number of para-hydroxylation sites is 3. The molecule has 3 heteroatoms. The van der Waals surface area contributed by atoms with Gasteiger partial charge in [-0.15, -0.1) is 0 Å². The number of aromatic amines is 1. The Kier molecular flexibility index (Phi) is 3.14. The molecule has 0 atom stereocenters. The van der Waals surface area contributed by atoms with Gasteiger partial charge in [0.05, 0.1) is 5.52 Å². The maximum Gasteiger partial charge on any atom is 0.159 e. The maximum absolute atomic E-state index is 6.29. The van der Waals surface area contributed by atoms with Crippen molar-refractivity contribution in [2.24, 2.45) is 0 Å². The zero-order valence-electron chi connectivity index (χ0n) is 17.6. The number of aromatic nitrogens is 1. The molecule has 0 radical (unpaired) electrons. The minimum absolute atomic E-state index is 0.908. The van der Waals surface area contributed by atoms with E-state index in [1.54, 1.807) is 0 Å². The summed E-state index contributed by atoms with van der Waals surface area (Å²) in [5, 5.41) is 6.91. The number of hydrogen-bond donors (Lipinski definition) is 1. The Bertz CT molecular complexity index is 2030. The van der Waals surface area contributed by atoms with Crippen molar-refractivity contribution in [2.45, 2.75) is 0 Å². The predicted octanol–water partition coefficient (Wildman–Crippen LogP) is 8.79. The van der Waals surface area contributed by atoms with Crippen LogP contribution in [0.4, 0.5) is 0 Å². The van der Waals surface area contributed by atoms with Crippen molar-refractivity contribution >= 4 is 65.7 Å². The molecule has 0 amide bonds. The number of hydrogen-bond acceptors (Lipinski definition) is 2. The van der Waals surface area contributed by atoms with Gasteiger partial charge in [-0.25, -0.2) is 0 Å². The molecule has 3 heterocycles. The van der Waals surface area contributed by atoms with Crippen LogP contribution in [0.5, 0.6) is 0 Å². The van der Waals surface area contributed by atoms with Crippen LogP contribution < -0.4 is 0 Å². The van der Waals surface area contributed by atoms with Crippen molar-refractivity contribution in [3.05, 3.63) is 97.1 Å². The third kappa shape index (κ3) is 2.23. The van der Waals surface area contributed by atoms with E-state index in [0.717, 1.165) is 71.4 Å². The second-order valence-electron chi connectivity index (χ2n) is 8.63. The van der Waals surface area contributed by atoms with Gasteiger partial charge in [0.15, 0.2) is 5.58 Å². The zero-order valence-corrected chi connectivity index (χ0v) is 17.6. The van der Waals surface area contributed by atoms with Crippen molar-refractivity contribution in [1.29, 1.82) is 0 Å². The maximum atomic E-state index is 6.29. The minimum atomic E-state index is 0.908. The Balaban J connectivity index is 1.42. The van der Waals surface area contributed by atoms with Crippen molar-refractivity contribution in [1.82, 2.24) is 4.98 Å². The highest BCUT2D eigenvalue weighted by Gasteiger charge is 2.16. The van der Waals surface area contributed by atoms with E-state index in [2.05, 4.69) is 77.8 Å². The fraction of sp³-hybridized carbons (Fsp3) is 0.